The summed E-state index contributed by atoms with van der Waals surface area (Å²) in [6.07, 6.45) is 4.37. The summed E-state index contributed by atoms with van der Waals surface area (Å²) in [7, 11) is 1.64. The molecular weight excluding hydrogens is 395 g/mol. The lowest BCUT2D eigenvalue weighted by Gasteiger charge is -2.40. The first kappa shape index (κ1) is 20.7. The molecule has 0 radical (unpaired) electrons. The zero-order chi connectivity index (χ0) is 21.6. The van der Waals surface area contributed by atoms with E-state index in [1.807, 2.05) is 36.4 Å². The van der Waals surface area contributed by atoms with Gasteiger partial charge in [-0.25, -0.2) is 9.18 Å². The summed E-state index contributed by atoms with van der Waals surface area (Å²) in [5.74, 6) is 0.546. The zero-order valence-electron chi connectivity index (χ0n) is 17.3. The number of nitrogens with zero attached hydrogens (tertiary/aromatic N) is 2. The fraction of sp³-hybridized carbons (Fsp3) is 0.250. The minimum Gasteiger partial charge on any atom is -0.497 e. The van der Waals surface area contributed by atoms with Crippen LogP contribution in [0.15, 0.2) is 73.1 Å². The van der Waals surface area contributed by atoms with Crippen LogP contribution in [-0.4, -0.2) is 37.3 Å². The minimum absolute atomic E-state index is 0.0491. The van der Waals surface area contributed by atoms with Crippen LogP contribution in [0.25, 0.3) is 0 Å². The van der Waals surface area contributed by atoms with Crippen molar-refractivity contribution in [2.24, 2.45) is 0 Å². The molecule has 0 spiro atoms. The third-order valence-corrected chi connectivity index (χ3v) is 5.60. The quantitative estimate of drug-likeness (QED) is 0.642. The third-order valence-electron chi connectivity index (χ3n) is 5.60. The maximum absolute atomic E-state index is 13.1. The number of pyridine rings is 1. The zero-order valence-corrected chi connectivity index (χ0v) is 17.3. The lowest BCUT2D eigenvalue weighted by atomic mass is 9.85. The van der Waals surface area contributed by atoms with E-state index < -0.39 is 0 Å². The predicted octanol–water partition coefficient (Wildman–Crippen LogP) is 4.41. The molecule has 0 aliphatic carbocycles. The highest BCUT2D eigenvalue weighted by Gasteiger charge is 2.32. The Morgan fingerprint density at radius 2 is 1.77 bits per heavy atom. The molecule has 2 amide bonds. The Kier molecular flexibility index (Phi) is 6.31. The number of carbonyl (C=O) groups excluding carboxylic acids is 1. The SMILES string of the molecule is COc1ccc([C@@H]2CN(c3ccncc3)CC[C@H]2NC(=O)Nc2ccc(F)cc2)cc1. The third kappa shape index (κ3) is 5.12. The van der Waals surface area contributed by atoms with E-state index in [0.29, 0.717) is 5.69 Å². The van der Waals surface area contributed by atoms with Crippen LogP contribution >= 0.6 is 0 Å². The van der Waals surface area contributed by atoms with Crippen molar-refractivity contribution in [3.63, 3.8) is 0 Å². The summed E-state index contributed by atoms with van der Waals surface area (Å²) in [6, 6.07) is 17.4. The van der Waals surface area contributed by atoms with Crippen molar-refractivity contribution in [3.05, 3.63) is 84.4 Å². The van der Waals surface area contributed by atoms with Gasteiger partial charge in [-0.05, 0) is 60.5 Å². The molecule has 1 aliphatic heterocycles. The standard InChI is InChI=1S/C24H25FN4O2/c1-31-21-8-2-17(3-9-21)22-16-29(20-10-13-26-14-11-20)15-12-23(22)28-24(30)27-19-6-4-18(25)5-7-19/h2-11,13-14,22-23H,12,15-16H2,1H3,(H2,27,28,30)/t22-,23+/m0/s1. The number of halogens is 1. The van der Waals surface area contributed by atoms with E-state index in [4.69, 9.17) is 4.74 Å². The summed E-state index contributed by atoms with van der Waals surface area (Å²) < 4.78 is 18.4. The van der Waals surface area contributed by atoms with Crippen LogP contribution < -0.4 is 20.3 Å². The fourth-order valence-corrected chi connectivity index (χ4v) is 3.97. The number of aromatic nitrogens is 1. The molecule has 31 heavy (non-hydrogen) atoms. The topological polar surface area (TPSA) is 66.5 Å². The van der Waals surface area contributed by atoms with Crippen molar-refractivity contribution in [3.8, 4) is 5.75 Å². The number of hydrogen-bond donors (Lipinski definition) is 2. The Morgan fingerprint density at radius 1 is 1.06 bits per heavy atom. The van der Waals surface area contributed by atoms with Crippen LogP contribution in [0, 0.1) is 5.82 Å². The second kappa shape index (κ2) is 9.47. The van der Waals surface area contributed by atoms with Gasteiger partial charge in [0.1, 0.15) is 11.6 Å². The molecule has 7 heteroatoms. The van der Waals surface area contributed by atoms with Gasteiger partial charge in [0.05, 0.1) is 7.11 Å². The molecule has 2 heterocycles. The fourth-order valence-electron chi connectivity index (χ4n) is 3.97. The highest BCUT2D eigenvalue weighted by molar-refractivity contribution is 5.89. The summed E-state index contributed by atoms with van der Waals surface area (Å²) in [5, 5.41) is 5.91. The molecule has 2 atom stereocenters. The molecule has 3 aromatic rings. The summed E-state index contributed by atoms with van der Waals surface area (Å²) >= 11 is 0. The van der Waals surface area contributed by atoms with E-state index in [-0.39, 0.29) is 23.8 Å². The number of rotatable bonds is 5. The number of methoxy groups -OCH3 is 1. The number of nitrogens with one attached hydrogen (secondary N) is 2. The van der Waals surface area contributed by atoms with Gasteiger partial charge in [0.25, 0.3) is 0 Å². The number of benzene rings is 2. The smallest absolute Gasteiger partial charge is 0.319 e. The Hall–Kier alpha value is -3.61. The number of carbonyl (C=O) groups is 1. The van der Waals surface area contributed by atoms with Crippen LogP contribution in [0.3, 0.4) is 0 Å². The number of ether oxygens (including phenoxy) is 1. The molecule has 160 valence electrons. The second-order valence-corrected chi connectivity index (χ2v) is 7.53. The molecule has 1 saturated heterocycles. The highest BCUT2D eigenvalue weighted by Crippen LogP contribution is 2.31. The van der Waals surface area contributed by atoms with Crippen molar-refractivity contribution in [1.29, 1.82) is 0 Å². The lowest BCUT2D eigenvalue weighted by molar-refractivity contribution is 0.243. The van der Waals surface area contributed by atoms with Crippen molar-refractivity contribution < 1.29 is 13.9 Å². The Morgan fingerprint density at radius 3 is 2.45 bits per heavy atom. The highest BCUT2D eigenvalue weighted by atomic mass is 19.1. The van der Waals surface area contributed by atoms with Gasteiger partial charge in [-0.15, -0.1) is 0 Å². The maximum atomic E-state index is 13.1. The van der Waals surface area contributed by atoms with Crippen molar-refractivity contribution in [2.45, 2.75) is 18.4 Å². The van der Waals surface area contributed by atoms with E-state index in [2.05, 4.69) is 20.5 Å². The van der Waals surface area contributed by atoms with Crippen LogP contribution in [0.4, 0.5) is 20.6 Å². The van der Waals surface area contributed by atoms with Gasteiger partial charge in [-0.1, -0.05) is 12.1 Å². The average molecular weight is 420 g/mol. The first-order chi connectivity index (χ1) is 15.1. The number of urea groups is 1. The van der Waals surface area contributed by atoms with Crippen LogP contribution in [0.5, 0.6) is 5.75 Å². The predicted molar refractivity (Wildman–Crippen MR) is 119 cm³/mol. The van der Waals surface area contributed by atoms with Gasteiger partial charge in [-0.2, -0.15) is 0 Å². The average Bonchev–Trinajstić information content (AvgIpc) is 2.81. The van der Waals surface area contributed by atoms with Gasteiger partial charge >= 0.3 is 6.03 Å². The first-order valence-electron chi connectivity index (χ1n) is 10.2. The summed E-state index contributed by atoms with van der Waals surface area (Å²) in [4.78, 5) is 19.1. The summed E-state index contributed by atoms with van der Waals surface area (Å²) in [5.41, 5.74) is 2.79. The Bertz CT molecular complexity index is 996. The molecule has 0 saturated carbocycles. The maximum Gasteiger partial charge on any atom is 0.319 e. The van der Waals surface area contributed by atoms with E-state index in [0.717, 1.165) is 36.5 Å². The molecule has 1 fully saturated rings. The van der Waals surface area contributed by atoms with E-state index in [1.54, 1.807) is 31.6 Å². The van der Waals surface area contributed by atoms with Crippen LogP contribution in [0.1, 0.15) is 17.9 Å². The van der Waals surface area contributed by atoms with Gasteiger partial charge in [0.15, 0.2) is 0 Å². The van der Waals surface area contributed by atoms with Gasteiger partial charge in [0, 0.05) is 48.8 Å². The number of anilines is 2. The van der Waals surface area contributed by atoms with Gasteiger partial charge in [-0.3, -0.25) is 4.98 Å². The largest absolute Gasteiger partial charge is 0.497 e. The minimum atomic E-state index is -0.339. The Balaban J connectivity index is 1.51. The van der Waals surface area contributed by atoms with Gasteiger partial charge in [0.2, 0.25) is 0 Å². The van der Waals surface area contributed by atoms with E-state index >= 15 is 0 Å². The molecule has 1 aliphatic rings. The normalized spacial score (nSPS) is 18.3. The molecule has 2 aromatic carbocycles. The van der Waals surface area contributed by atoms with Crippen molar-refractivity contribution in [1.82, 2.24) is 10.3 Å². The van der Waals surface area contributed by atoms with E-state index in [9.17, 15) is 9.18 Å². The summed E-state index contributed by atoms with van der Waals surface area (Å²) in [6.45, 7) is 1.58. The molecule has 1 aromatic heterocycles. The number of piperidine rings is 1. The van der Waals surface area contributed by atoms with Gasteiger partial charge < -0.3 is 20.3 Å². The van der Waals surface area contributed by atoms with E-state index in [1.165, 1.54) is 12.1 Å². The molecule has 4 rings (SSSR count). The number of amides is 2. The monoisotopic (exact) mass is 420 g/mol. The lowest BCUT2D eigenvalue weighted by Crippen LogP contribution is -2.50. The number of hydrogen-bond acceptors (Lipinski definition) is 4. The van der Waals surface area contributed by atoms with Crippen molar-refractivity contribution in [2.75, 3.05) is 30.4 Å². The second-order valence-electron chi connectivity index (χ2n) is 7.53. The molecule has 0 unspecified atom stereocenters. The van der Waals surface area contributed by atoms with Crippen LogP contribution in [0.2, 0.25) is 0 Å². The van der Waals surface area contributed by atoms with Crippen molar-refractivity contribution >= 4 is 17.4 Å². The molecule has 0 bridgehead atoms. The van der Waals surface area contributed by atoms with Crippen LogP contribution in [-0.2, 0) is 0 Å². The molecule has 6 nitrogen and oxygen atoms in total. The molecular formula is C24H25FN4O2. The first-order valence-corrected chi connectivity index (χ1v) is 10.2. The Labute approximate surface area is 181 Å². The molecule has 2 N–H and O–H groups in total.